The highest BCUT2D eigenvalue weighted by atomic mass is 16.5. The summed E-state index contributed by atoms with van der Waals surface area (Å²) in [6.45, 7) is 6.53. The molecule has 2 rings (SSSR count). The van der Waals surface area contributed by atoms with Gasteiger partial charge in [0.15, 0.2) is 0 Å². The summed E-state index contributed by atoms with van der Waals surface area (Å²) in [5.74, 6) is 0.747. The second-order valence-corrected chi connectivity index (χ2v) is 3.89. The number of hydrogen-bond donors (Lipinski definition) is 1. The summed E-state index contributed by atoms with van der Waals surface area (Å²) < 4.78 is 10.6. The molecule has 0 saturated carbocycles. The van der Waals surface area contributed by atoms with Crippen molar-refractivity contribution >= 4 is 0 Å². The van der Waals surface area contributed by atoms with Gasteiger partial charge in [-0.1, -0.05) is 0 Å². The number of nitrogens with zero attached hydrogens (tertiary/aromatic N) is 1. The maximum Gasteiger partial charge on any atom is 0.0824 e. The molecular weight excluding hydrogens is 168 g/mol. The average Bonchev–Trinajstić information content (AvgIpc) is 2.12. The van der Waals surface area contributed by atoms with Crippen molar-refractivity contribution in [1.82, 2.24) is 4.90 Å². The molecule has 1 unspecified atom stereocenters. The number of morpholine rings is 1. The third-order valence-electron chi connectivity index (χ3n) is 2.71. The summed E-state index contributed by atoms with van der Waals surface area (Å²) in [5.41, 5.74) is 5.57. The second kappa shape index (κ2) is 4.37. The molecule has 0 aromatic carbocycles. The van der Waals surface area contributed by atoms with E-state index in [1.54, 1.807) is 0 Å². The Morgan fingerprint density at radius 1 is 1.38 bits per heavy atom. The fourth-order valence-electron chi connectivity index (χ4n) is 1.84. The third-order valence-corrected chi connectivity index (χ3v) is 2.71. The van der Waals surface area contributed by atoms with E-state index in [1.807, 2.05) is 0 Å². The molecule has 0 amide bonds. The molecule has 0 aliphatic carbocycles. The van der Waals surface area contributed by atoms with E-state index >= 15 is 0 Å². The van der Waals surface area contributed by atoms with Gasteiger partial charge < -0.3 is 15.2 Å². The lowest BCUT2D eigenvalue weighted by Crippen LogP contribution is -2.49. The molecule has 2 heterocycles. The van der Waals surface area contributed by atoms with Crippen molar-refractivity contribution in [3.8, 4) is 0 Å². The monoisotopic (exact) mass is 186 g/mol. The van der Waals surface area contributed by atoms with E-state index in [4.69, 9.17) is 15.2 Å². The van der Waals surface area contributed by atoms with Crippen LogP contribution in [0.3, 0.4) is 0 Å². The van der Waals surface area contributed by atoms with Crippen LogP contribution in [-0.4, -0.2) is 57.0 Å². The summed E-state index contributed by atoms with van der Waals surface area (Å²) >= 11 is 0. The first kappa shape index (κ1) is 9.40. The van der Waals surface area contributed by atoms with Crippen LogP contribution in [0.4, 0.5) is 0 Å². The van der Waals surface area contributed by atoms with Crippen molar-refractivity contribution in [3.05, 3.63) is 0 Å². The van der Waals surface area contributed by atoms with Crippen molar-refractivity contribution < 1.29 is 9.47 Å². The van der Waals surface area contributed by atoms with E-state index in [1.165, 1.54) is 0 Å². The predicted octanol–water partition coefficient (Wildman–Crippen LogP) is -0.708. The van der Waals surface area contributed by atoms with Gasteiger partial charge in [0, 0.05) is 32.1 Å². The Balaban J connectivity index is 1.71. The smallest absolute Gasteiger partial charge is 0.0824 e. The molecule has 4 heteroatoms. The van der Waals surface area contributed by atoms with Gasteiger partial charge in [0.1, 0.15) is 0 Å². The van der Waals surface area contributed by atoms with Gasteiger partial charge in [-0.2, -0.15) is 0 Å². The molecule has 0 aromatic heterocycles. The van der Waals surface area contributed by atoms with Gasteiger partial charge in [-0.15, -0.1) is 0 Å². The van der Waals surface area contributed by atoms with Gasteiger partial charge in [0.05, 0.1) is 25.9 Å². The molecule has 0 aromatic rings. The Hall–Kier alpha value is -0.160. The fourth-order valence-corrected chi connectivity index (χ4v) is 1.84. The van der Waals surface area contributed by atoms with Crippen molar-refractivity contribution in [2.75, 3.05) is 46.0 Å². The van der Waals surface area contributed by atoms with Crippen molar-refractivity contribution in [3.63, 3.8) is 0 Å². The van der Waals surface area contributed by atoms with Crippen LogP contribution in [0.1, 0.15) is 0 Å². The molecule has 0 spiro atoms. The fraction of sp³-hybridized carbons (Fsp3) is 1.00. The largest absolute Gasteiger partial charge is 0.381 e. The summed E-state index contributed by atoms with van der Waals surface area (Å²) in [7, 11) is 0. The minimum Gasteiger partial charge on any atom is -0.381 e. The normalized spacial score (nSPS) is 31.6. The van der Waals surface area contributed by atoms with E-state index < -0.39 is 0 Å². The highest BCUT2D eigenvalue weighted by molar-refractivity contribution is 4.76. The van der Waals surface area contributed by atoms with Gasteiger partial charge in [-0.3, -0.25) is 4.90 Å². The number of hydrogen-bond acceptors (Lipinski definition) is 4. The lowest BCUT2D eigenvalue weighted by Gasteiger charge is -2.37. The molecule has 2 aliphatic rings. The molecule has 0 bridgehead atoms. The van der Waals surface area contributed by atoms with E-state index in [2.05, 4.69) is 4.90 Å². The SMILES string of the molecule is NCC1CN(CC2COC2)CCO1. The molecule has 76 valence electrons. The number of rotatable bonds is 3. The maximum absolute atomic E-state index is 5.57. The number of nitrogens with two attached hydrogens (primary N) is 1. The van der Waals surface area contributed by atoms with Crippen LogP contribution in [0.2, 0.25) is 0 Å². The van der Waals surface area contributed by atoms with Crippen molar-refractivity contribution in [2.45, 2.75) is 6.10 Å². The minimum absolute atomic E-state index is 0.245. The van der Waals surface area contributed by atoms with Crippen molar-refractivity contribution in [2.24, 2.45) is 11.7 Å². The molecule has 2 aliphatic heterocycles. The molecule has 2 saturated heterocycles. The molecule has 13 heavy (non-hydrogen) atoms. The Morgan fingerprint density at radius 2 is 2.23 bits per heavy atom. The zero-order valence-electron chi connectivity index (χ0n) is 7.95. The Morgan fingerprint density at radius 3 is 2.85 bits per heavy atom. The summed E-state index contributed by atoms with van der Waals surface area (Å²) in [4.78, 5) is 2.44. The first-order chi connectivity index (χ1) is 6.38. The minimum atomic E-state index is 0.245. The van der Waals surface area contributed by atoms with E-state index in [9.17, 15) is 0 Å². The quantitative estimate of drug-likeness (QED) is 0.632. The average molecular weight is 186 g/mol. The molecule has 0 radical (unpaired) electrons. The van der Waals surface area contributed by atoms with Gasteiger partial charge >= 0.3 is 0 Å². The summed E-state index contributed by atoms with van der Waals surface area (Å²) in [6, 6.07) is 0. The van der Waals surface area contributed by atoms with Crippen LogP contribution >= 0.6 is 0 Å². The van der Waals surface area contributed by atoms with Gasteiger partial charge in [0.25, 0.3) is 0 Å². The first-order valence-electron chi connectivity index (χ1n) is 5.00. The molecular formula is C9H18N2O2. The predicted molar refractivity (Wildman–Crippen MR) is 49.5 cm³/mol. The zero-order valence-corrected chi connectivity index (χ0v) is 7.95. The van der Waals surface area contributed by atoms with Crippen LogP contribution in [-0.2, 0) is 9.47 Å². The lowest BCUT2D eigenvalue weighted by molar-refractivity contribution is -0.0742. The van der Waals surface area contributed by atoms with Crippen LogP contribution < -0.4 is 5.73 Å². The van der Waals surface area contributed by atoms with Gasteiger partial charge in [-0.25, -0.2) is 0 Å². The molecule has 4 nitrogen and oxygen atoms in total. The third kappa shape index (κ3) is 2.40. The molecule has 2 N–H and O–H groups in total. The van der Waals surface area contributed by atoms with Crippen LogP contribution in [0.25, 0.3) is 0 Å². The van der Waals surface area contributed by atoms with Gasteiger partial charge in [-0.05, 0) is 0 Å². The Labute approximate surface area is 79.0 Å². The van der Waals surface area contributed by atoms with Crippen LogP contribution in [0.5, 0.6) is 0 Å². The first-order valence-corrected chi connectivity index (χ1v) is 5.00. The number of ether oxygens (including phenoxy) is 2. The molecule has 1 atom stereocenters. The van der Waals surface area contributed by atoms with Crippen LogP contribution in [0, 0.1) is 5.92 Å². The van der Waals surface area contributed by atoms with Gasteiger partial charge in [0.2, 0.25) is 0 Å². The van der Waals surface area contributed by atoms with E-state index in [-0.39, 0.29) is 6.10 Å². The highest BCUT2D eigenvalue weighted by Crippen LogP contribution is 2.13. The lowest BCUT2D eigenvalue weighted by atomic mass is 10.1. The second-order valence-electron chi connectivity index (χ2n) is 3.89. The standard InChI is InChI=1S/C9H18N2O2/c10-3-9-5-11(1-2-13-9)4-8-6-12-7-8/h8-9H,1-7,10H2. The Kier molecular flexibility index (Phi) is 3.16. The summed E-state index contributed by atoms with van der Waals surface area (Å²) in [6.07, 6.45) is 0.245. The summed E-state index contributed by atoms with van der Waals surface area (Å²) in [5, 5.41) is 0. The highest BCUT2D eigenvalue weighted by Gasteiger charge is 2.25. The molecule has 2 fully saturated rings. The topological polar surface area (TPSA) is 47.7 Å². The Bertz CT molecular complexity index is 160. The van der Waals surface area contributed by atoms with E-state index in [0.717, 1.165) is 45.4 Å². The zero-order chi connectivity index (χ0) is 9.10. The maximum atomic E-state index is 5.57. The van der Waals surface area contributed by atoms with E-state index in [0.29, 0.717) is 6.54 Å². The van der Waals surface area contributed by atoms with Crippen molar-refractivity contribution in [1.29, 1.82) is 0 Å². The van der Waals surface area contributed by atoms with Crippen LogP contribution in [0.15, 0.2) is 0 Å².